The summed E-state index contributed by atoms with van der Waals surface area (Å²) in [7, 11) is 0. The Balaban J connectivity index is 2.50. The molecule has 1 aromatic carbocycles. The Morgan fingerprint density at radius 3 is 2.00 bits per heavy atom. The van der Waals surface area contributed by atoms with Crippen LogP contribution in [0, 0.1) is 0 Å². The molecule has 0 atom stereocenters. The minimum Gasteiger partial charge on any atom is -0.421 e. The Morgan fingerprint density at radius 1 is 1.06 bits per heavy atom. The van der Waals surface area contributed by atoms with E-state index < -0.39 is 30.3 Å². The predicted molar refractivity (Wildman–Crippen MR) is 51.2 cm³/mol. The first kappa shape index (κ1) is 12.4. The number of aliphatic hydroxyl groups is 1. The van der Waals surface area contributed by atoms with Crippen LogP contribution in [-0.2, 0) is 6.61 Å². The van der Waals surface area contributed by atoms with Gasteiger partial charge < -0.3 is 14.6 Å². The highest BCUT2D eigenvalue weighted by Crippen LogP contribution is 2.48. The third-order valence-corrected chi connectivity index (χ3v) is 2.84. The van der Waals surface area contributed by atoms with Crippen molar-refractivity contribution in [3.63, 3.8) is 0 Å². The molecular weight excluding hydrogens is 312 g/mol. The van der Waals surface area contributed by atoms with Crippen LogP contribution in [0.2, 0.25) is 0 Å². The normalized spacial score (nSPS) is 20.1. The third-order valence-electron chi connectivity index (χ3n) is 2.10. The molecule has 0 fully saturated rings. The van der Waals surface area contributed by atoms with Gasteiger partial charge in [-0.1, -0.05) is 15.9 Å². The van der Waals surface area contributed by atoms with Gasteiger partial charge in [-0.3, -0.25) is 0 Å². The number of rotatable bonds is 1. The fraction of sp³-hybridized carbons (Fsp3) is 0.333. The van der Waals surface area contributed by atoms with Crippen molar-refractivity contribution in [2.45, 2.75) is 18.8 Å². The molecule has 0 aliphatic carbocycles. The SMILES string of the molecule is OCc1cc2c(cc1Br)OC(F)(F)C(F)(F)O2. The fourth-order valence-corrected chi connectivity index (χ4v) is 1.70. The molecule has 0 saturated heterocycles. The zero-order chi connectivity index (χ0) is 12.8. The molecule has 94 valence electrons. The molecule has 0 unspecified atom stereocenters. The molecule has 1 aliphatic heterocycles. The van der Waals surface area contributed by atoms with Gasteiger partial charge in [0.15, 0.2) is 11.5 Å². The monoisotopic (exact) mass is 316 g/mol. The van der Waals surface area contributed by atoms with E-state index in [9.17, 15) is 17.6 Å². The molecule has 8 heteroatoms. The predicted octanol–water partition coefficient (Wildman–Crippen LogP) is 2.90. The second-order valence-electron chi connectivity index (χ2n) is 3.29. The first-order valence-corrected chi connectivity index (χ1v) is 5.13. The molecule has 17 heavy (non-hydrogen) atoms. The molecule has 1 heterocycles. The number of benzene rings is 1. The number of hydrogen-bond acceptors (Lipinski definition) is 3. The number of alkyl halides is 4. The van der Waals surface area contributed by atoms with Gasteiger partial charge in [-0.2, -0.15) is 17.6 Å². The van der Waals surface area contributed by atoms with Crippen molar-refractivity contribution >= 4 is 15.9 Å². The average molecular weight is 317 g/mol. The Bertz CT molecular complexity index is 464. The molecule has 0 aromatic heterocycles. The van der Waals surface area contributed by atoms with E-state index in [0.717, 1.165) is 12.1 Å². The maximum atomic E-state index is 12.8. The number of hydrogen-bond donors (Lipinski definition) is 1. The van der Waals surface area contributed by atoms with E-state index in [2.05, 4.69) is 25.4 Å². The zero-order valence-corrected chi connectivity index (χ0v) is 9.60. The van der Waals surface area contributed by atoms with Crippen LogP contribution in [0.25, 0.3) is 0 Å². The van der Waals surface area contributed by atoms with Gasteiger partial charge in [-0.15, -0.1) is 0 Å². The van der Waals surface area contributed by atoms with Gasteiger partial charge >= 0.3 is 12.2 Å². The summed E-state index contributed by atoms with van der Waals surface area (Å²) in [6, 6.07) is 2.03. The first-order chi connectivity index (χ1) is 7.77. The lowest BCUT2D eigenvalue weighted by Crippen LogP contribution is -2.52. The quantitative estimate of drug-likeness (QED) is 0.810. The van der Waals surface area contributed by atoms with E-state index >= 15 is 0 Å². The largest absolute Gasteiger partial charge is 0.507 e. The lowest BCUT2D eigenvalue weighted by molar-refractivity contribution is -0.391. The summed E-state index contributed by atoms with van der Waals surface area (Å²) >= 11 is 2.97. The Kier molecular flexibility index (Phi) is 2.74. The van der Waals surface area contributed by atoms with E-state index in [1.54, 1.807) is 0 Å². The van der Waals surface area contributed by atoms with E-state index in [4.69, 9.17) is 5.11 Å². The van der Waals surface area contributed by atoms with Crippen LogP contribution in [0.5, 0.6) is 11.5 Å². The molecule has 0 saturated carbocycles. The number of halogens is 5. The van der Waals surface area contributed by atoms with Crippen molar-refractivity contribution in [1.29, 1.82) is 0 Å². The highest BCUT2D eigenvalue weighted by molar-refractivity contribution is 9.10. The Labute approximate surface area is 101 Å². The van der Waals surface area contributed by atoms with Crippen molar-refractivity contribution < 1.29 is 32.1 Å². The maximum Gasteiger partial charge on any atom is 0.507 e. The minimum absolute atomic E-state index is 0.216. The Morgan fingerprint density at radius 2 is 1.53 bits per heavy atom. The van der Waals surface area contributed by atoms with Crippen molar-refractivity contribution in [1.82, 2.24) is 0 Å². The molecule has 1 N–H and O–H groups in total. The third kappa shape index (κ3) is 1.95. The van der Waals surface area contributed by atoms with Crippen molar-refractivity contribution in [3.05, 3.63) is 22.2 Å². The summed E-state index contributed by atoms with van der Waals surface area (Å²) in [5.74, 6) is -1.07. The van der Waals surface area contributed by atoms with Crippen LogP contribution in [0.1, 0.15) is 5.56 Å². The minimum atomic E-state index is -4.75. The van der Waals surface area contributed by atoms with Crippen LogP contribution in [0.3, 0.4) is 0 Å². The van der Waals surface area contributed by atoms with Gasteiger partial charge in [0.05, 0.1) is 6.61 Å². The summed E-state index contributed by atoms with van der Waals surface area (Å²) in [5, 5.41) is 8.89. The number of fused-ring (bicyclic) bond motifs is 1. The lowest BCUT2D eigenvalue weighted by atomic mass is 10.2. The van der Waals surface area contributed by atoms with Crippen LogP contribution in [0.4, 0.5) is 17.6 Å². The van der Waals surface area contributed by atoms with Crippen molar-refractivity contribution in [2.75, 3.05) is 0 Å². The van der Waals surface area contributed by atoms with Crippen molar-refractivity contribution in [3.8, 4) is 11.5 Å². The summed E-state index contributed by atoms with van der Waals surface area (Å²) in [4.78, 5) is 0. The van der Waals surface area contributed by atoms with E-state index in [1.807, 2.05) is 0 Å². The van der Waals surface area contributed by atoms with E-state index in [1.165, 1.54) is 0 Å². The van der Waals surface area contributed by atoms with Gasteiger partial charge in [-0.05, 0) is 17.7 Å². The summed E-state index contributed by atoms with van der Waals surface area (Å²) in [6.45, 7) is -0.459. The van der Waals surface area contributed by atoms with E-state index in [-0.39, 0.29) is 10.0 Å². The average Bonchev–Trinajstić information content (AvgIpc) is 2.19. The Hall–Kier alpha value is -1.02. The standard InChI is InChI=1S/C9H5BrF4O3/c10-5-2-7-6(1-4(5)3-15)16-8(11,12)9(13,14)17-7/h1-2,15H,3H2. The molecule has 0 spiro atoms. The summed E-state index contributed by atoms with van der Waals surface area (Å²) in [6.07, 6.45) is -9.49. The lowest BCUT2D eigenvalue weighted by Gasteiger charge is -2.32. The maximum absolute atomic E-state index is 12.8. The van der Waals surface area contributed by atoms with Gasteiger partial charge in [0.2, 0.25) is 0 Å². The first-order valence-electron chi connectivity index (χ1n) is 4.34. The van der Waals surface area contributed by atoms with Gasteiger partial charge in [0.1, 0.15) is 0 Å². The highest BCUT2D eigenvalue weighted by Gasteiger charge is 2.65. The van der Waals surface area contributed by atoms with E-state index in [0.29, 0.717) is 0 Å². The van der Waals surface area contributed by atoms with Crippen LogP contribution >= 0.6 is 15.9 Å². The molecule has 1 aliphatic rings. The highest BCUT2D eigenvalue weighted by atomic mass is 79.9. The number of aliphatic hydroxyl groups excluding tert-OH is 1. The van der Waals surface area contributed by atoms with Crippen LogP contribution in [0.15, 0.2) is 16.6 Å². The van der Waals surface area contributed by atoms with Crippen LogP contribution in [-0.4, -0.2) is 17.3 Å². The molecule has 0 radical (unpaired) electrons. The molecule has 1 aromatic rings. The molecule has 2 rings (SSSR count). The second-order valence-corrected chi connectivity index (χ2v) is 4.14. The fourth-order valence-electron chi connectivity index (χ4n) is 1.25. The summed E-state index contributed by atoms with van der Waals surface area (Å²) < 4.78 is 59.3. The van der Waals surface area contributed by atoms with Gasteiger partial charge in [0.25, 0.3) is 0 Å². The van der Waals surface area contributed by atoms with Gasteiger partial charge in [0, 0.05) is 4.47 Å². The van der Waals surface area contributed by atoms with Gasteiger partial charge in [-0.25, -0.2) is 0 Å². The second kappa shape index (κ2) is 3.74. The summed E-state index contributed by atoms with van der Waals surface area (Å²) in [5.41, 5.74) is 0.216. The topological polar surface area (TPSA) is 38.7 Å². The zero-order valence-electron chi connectivity index (χ0n) is 8.02. The number of ether oxygens (including phenoxy) is 2. The molecule has 0 amide bonds. The van der Waals surface area contributed by atoms with Crippen molar-refractivity contribution in [2.24, 2.45) is 0 Å². The molecule has 0 bridgehead atoms. The smallest absolute Gasteiger partial charge is 0.421 e. The molecular formula is C9H5BrF4O3. The van der Waals surface area contributed by atoms with Crippen LogP contribution < -0.4 is 9.47 Å². The molecule has 3 nitrogen and oxygen atoms in total.